The first-order valence-corrected chi connectivity index (χ1v) is 9.20. The fraction of sp³-hybridized carbons (Fsp3) is 0.208. The van der Waals surface area contributed by atoms with Gasteiger partial charge in [0.15, 0.2) is 6.10 Å². The Hall–Kier alpha value is -3.07. The molecule has 0 aliphatic rings. The van der Waals surface area contributed by atoms with Gasteiger partial charge in [-0.15, -0.1) is 0 Å². The van der Waals surface area contributed by atoms with Gasteiger partial charge in [-0.1, -0.05) is 79.2 Å². The SMILES string of the molecule is CCC(Oc1ccc(-c2ccc(C)cc2)cc1)C(=O)OCc1ccccc1. The number of hydrogen-bond donors (Lipinski definition) is 0. The van der Waals surface area contributed by atoms with E-state index in [1.165, 1.54) is 5.56 Å². The predicted molar refractivity (Wildman–Crippen MR) is 108 cm³/mol. The third-order valence-electron chi connectivity index (χ3n) is 4.38. The molecule has 0 spiro atoms. The van der Waals surface area contributed by atoms with Gasteiger partial charge in [-0.25, -0.2) is 4.79 Å². The minimum absolute atomic E-state index is 0.256. The maximum atomic E-state index is 12.3. The third-order valence-corrected chi connectivity index (χ3v) is 4.38. The second-order valence-electron chi connectivity index (χ2n) is 6.50. The molecule has 3 aromatic carbocycles. The number of ether oxygens (including phenoxy) is 2. The van der Waals surface area contributed by atoms with Crippen LogP contribution in [0.25, 0.3) is 11.1 Å². The van der Waals surface area contributed by atoms with E-state index in [0.29, 0.717) is 12.2 Å². The van der Waals surface area contributed by atoms with Gasteiger partial charge in [0.2, 0.25) is 0 Å². The Labute approximate surface area is 160 Å². The molecule has 3 rings (SSSR count). The lowest BCUT2D eigenvalue weighted by Crippen LogP contribution is -2.28. The molecular formula is C24H24O3. The van der Waals surface area contributed by atoms with Gasteiger partial charge in [-0.2, -0.15) is 0 Å². The van der Waals surface area contributed by atoms with Gasteiger partial charge in [0.05, 0.1) is 0 Å². The molecule has 1 unspecified atom stereocenters. The summed E-state index contributed by atoms with van der Waals surface area (Å²) in [7, 11) is 0. The van der Waals surface area contributed by atoms with Crippen LogP contribution in [0.5, 0.6) is 5.75 Å². The Morgan fingerprint density at radius 2 is 1.44 bits per heavy atom. The molecule has 138 valence electrons. The quantitative estimate of drug-likeness (QED) is 0.517. The molecule has 0 saturated carbocycles. The van der Waals surface area contributed by atoms with Crippen molar-refractivity contribution in [3.63, 3.8) is 0 Å². The van der Waals surface area contributed by atoms with Crippen molar-refractivity contribution in [2.24, 2.45) is 0 Å². The molecule has 1 atom stereocenters. The molecule has 3 nitrogen and oxygen atoms in total. The number of aryl methyl sites for hydroxylation is 1. The van der Waals surface area contributed by atoms with Crippen molar-refractivity contribution < 1.29 is 14.3 Å². The number of esters is 1. The molecule has 0 radical (unpaired) electrons. The van der Waals surface area contributed by atoms with E-state index >= 15 is 0 Å². The first-order chi connectivity index (χ1) is 13.2. The van der Waals surface area contributed by atoms with Crippen LogP contribution in [-0.2, 0) is 16.1 Å². The van der Waals surface area contributed by atoms with E-state index in [1.807, 2.05) is 61.5 Å². The number of carbonyl (C=O) groups excluding carboxylic acids is 1. The van der Waals surface area contributed by atoms with Crippen molar-refractivity contribution in [2.75, 3.05) is 0 Å². The molecule has 3 heteroatoms. The first kappa shape index (κ1) is 18.7. The molecule has 0 N–H and O–H groups in total. The molecule has 0 fully saturated rings. The molecule has 0 saturated heterocycles. The van der Waals surface area contributed by atoms with Crippen molar-refractivity contribution in [2.45, 2.75) is 33.0 Å². The van der Waals surface area contributed by atoms with Gasteiger partial charge < -0.3 is 9.47 Å². The highest BCUT2D eigenvalue weighted by Gasteiger charge is 2.20. The number of benzene rings is 3. The smallest absolute Gasteiger partial charge is 0.347 e. The van der Waals surface area contributed by atoms with Gasteiger partial charge in [0.25, 0.3) is 0 Å². The van der Waals surface area contributed by atoms with Crippen LogP contribution in [0.1, 0.15) is 24.5 Å². The zero-order valence-electron chi connectivity index (χ0n) is 15.7. The fourth-order valence-electron chi connectivity index (χ4n) is 2.76. The molecule has 0 aliphatic heterocycles. The van der Waals surface area contributed by atoms with Crippen molar-refractivity contribution in [1.82, 2.24) is 0 Å². The normalized spacial score (nSPS) is 11.6. The zero-order valence-corrected chi connectivity index (χ0v) is 15.7. The summed E-state index contributed by atoms with van der Waals surface area (Å²) < 4.78 is 11.2. The van der Waals surface area contributed by atoms with E-state index in [1.54, 1.807) is 0 Å². The van der Waals surface area contributed by atoms with Crippen LogP contribution in [0.15, 0.2) is 78.9 Å². The summed E-state index contributed by atoms with van der Waals surface area (Å²) in [5.74, 6) is 0.318. The van der Waals surface area contributed by atoms with Gasteiger partial charge in [0.1, 0.15) is 12.4 Å². The molecule has 3 aromatic rings. The lowest BCUT2D eigenvalue weighted by atomic mass is 10.0. The highest BCUT2D eigenvalue weighted by atomic mass is 16.6. The van der Waals surface area contributed by atoms with Gasteiger partial charge in [-0.05, 0) is 42.2 Å². The van der Waals surface area contributed by atoms with Crippen LogP contribution in [-0.4, -0.2) is 12.1 Å². The van der Waals surface area contributed by atoms with Crippen LogP contribution in [0.2, 0.25) is 0 Å². The number of carbonyl (C=O) groups is 1. The largest absolute Gasteiger partial charge is 0.479 e. The van der Waals surface area contributed by atoms with Gasteiger partial charge >= 0.3 is 5.97 Å². The van der Waals surface area contributed by atoms with Crippen LogP contribution >= 0.6 is 0 Å². The van der Waals surface area contributed by atoms with Crippen LogP contribution in [0, 0.1) is 6.92 Å². The summed E-state index contributed by atoms with van der Waals surface area (Å²) in [5.41, 5.74) is 4.46. The highest BCUT2D eigenvalue weighted by Crippen LogP contribution is 2.24. The maximum Gasteiger partial charge on any atom is 0.347 e. The molecule has 0 aromatic heterocycles. The fourth-order valence-corrected chi connectivity index (χ4v) is 2.76. The Kier molecular flexibility index (Phi) is 6.26. The molecule has 27 heavy (non-hydrogen) atoms. The van der Waals surface area contributed by atoms with Crippen LogP contribution in [0.4, 0.5) is 0 Å². The number of rotatable bonds is 7. The van der Waals surface area contributed by atoms with Gasteiger partial charge in [-0.3, -0.25) is 0 Å². The second-order valence-corrected chi connectivity index (χ2v) is 6.50. The average molecular weight is 360 g/mol. The summed E-state index contributed by atoms with van der Waals surface area (Å²) >= 11 is 0. The van der Waals surface area contributed by atoms with Gasteiger partial charge in [0, 0.05) is 0 Å². The Morgan fingerprint density at radius 3 is 2.04 bits per heavy atom. The summed E-state index contributed by atoms with van der Waals surface area (Å²) in [6, 6.07) is 25.8. The maximum absolute atomic E-state index is 12.3. The third kappa shape index (κ3) is 5.20. The Balaban J connectivity index is 1.60. The van der Waals surface area contributed by atoms with Crippen molar-refractivity contribution in [1.29, 1.82) is 0 Å². The van der Waals surface area contributed by atoms with E-state index in [4.69, 9.17) is 9.47 Å². The van der Waals surface area contributed by atoms with Crippen molar-refractivity contribution >= 4 is 5.97 Å². The standard InChI is InChI=1S/C24H24O3/c1-3-23(24(25)26-17-19-7-5-4-6-8-19)27-22-15-13-21(14-16-22)20-11-9-18(2)10-12-20/h4-16,23H,3,17H2,1-2H3. The minimum Gasteiger partial charge on any atom is -0.479 e. The Morgan fingerprint density at radius 1 is 0.852 bits per heavy atom. The van der Waals surface area contributed by atoms with E-state index in [2.05, 4.69) is 31.2 Å². The summed E-state index contributed by atoms with van der Waals surface area (Å²) in [4.78, 5) is 12.3. The molecule has 0 bridgehead atoms. The van der Waals surface area contributed by atoms with E-state index in [0.717, 1.165) is 16.7 Å². The minimum atomic E-state index is -0.612. The monoisotopic (exact) mass is 360 g/mol. The summed E-state index contributed by atoms with van der Waals surface area (Å²) in [5, 5.41) is 0. The number of hydrogen-bond acceptors (Lipinski definition) is 3. The lowest BCUT2D eigenvalue weighted by molar-refractivity contribution is -0.153. The molecule has 0 heterocycles. The van der Waals surface area contributed by atoms with Crippen LogP contribution in [0.3, 0.4) is 0 Å². The molecular weight excluding hydrogens is 336 g/mol. The van der Waals surface area contributed by atoms with E-state index < -0.39 is 6.10 Å². The zero-order chi connectivity index (χ0) is 19.1. The summed E-state index contributed by atoms with van der Waals surface area (Å²) in [6.45, 7) is 4.24. The molecule has 0 amide bonds. The first-order valence-electron chi connectivity index (χ1n) is 9.20. The highest BCUT2D eigenvalue weighted by molar-refractivity contribution is 5.75. The van der Waals surface area contributed by atoms with Crippen molar-refractivity contribution in [3.05, 3.63) is 90.0 Å². The van der Waals surface area contributed by atoms with Crippen molar-refractivity contribution in [3.8, 4) is 16.9 Å². The average Bonchev–Trinajstić information content (AvgIpc) is 2.72. The Bertz CT molecular complexity index is 852. The van der Waals surface area contributed by atoms with E-state index in [9.17, 15) is 4.79 Å². The lowest BCUT2D eigenvalue weighted by Gasteiger charge is -2.17. The second kappa shape index (κ2) is 9.04. The van der Waals surface area contributed by atoms with Crippen LogP contribution < -0.4 is 4.74 Å². The van der Waals surface area contributed by atoms with E-state index in [-0.39, 0.29) is 12.6 Å². The predicted octanol–water partition coefficient (Wildman–Crippen LogP) is 5.56. The molecule has 0 aliphatic carbocycles. The topological polar surface area (TPSA) is 35.5 Å². The summed E-state index contributed by atoms with van der Waals surface area (Å²) in [6.07, 6.45) is -0.0632.